The van der Waals surface area contributed by atoms with Crippen molar-refractivity contribution in [3.05, 3.63) is 46.1 Å². The fourth-order valence-corrected chi connectivity index (χ4v) is 5.15. The maximum Gasteiger partial charge on any atom is 0.255 e. The van der Waals surface area contributed by atoms with Crippen LogP contribution in [0.15, 0.2) is 27.6 Å². The van der Waals surface area contributed by atoms with Gasteiger partial charge in [-0.1, -0.05) is 16.8 Å². The van der Waals surface area contributed by atoms with Crippen LogP contribution in [-0.4, -0.2) is 54.9 Å². The normalized spacial score (nSPS) is 16.4. The molecule has 1 fully saturated rings. The van der Waals surface area contributed by atoms with Crippen molar-refractivity contribution in [2.45, 2.75) is 25.2 Å². The Kier molecular flexibility index (Phi) is 5.55. The zero-order valence-corrected chi connectivity index (χ0v) is 16.5. The Balaban J connectivity index is 1.78. The summed E-state index contributed by atoms with van der Waals surface area (Å²) >= 11 is 5.98. The van der Waals surface area contributed by atoms with Crippen LogP contribution in [0.1, 0.15) is 28.2 Å². The zero-order chi connectivity index (χ0) is 19.8. The van der Waals surface area contributed by atoms with E-state index in [1.54, 1.807) is 13.8 Å². The van der Waals surface area contributed by atoms with E-state index in [0.29, 0.717) is 18.7 Å². The molecule has 0 spiro atoms. The van der Waals surface area contributed by atoms with Crippen molar-refractivity contribution in [1.82, 2.24) is 14.4 Å². The Morgan fingerprint density at radius 3 is 2.59 bits per heavy atom. The lowest BCUT2D eigenvalue weighted by atomic mass is 10.2. The third-order valence-corrected chi connectivity index (χ3v) is 6.93. The number of halogens is 2. The predicted octanol–water partition coefficient (Wildman–Crippen LogP) is 2.62. The van der Waals surface area contributed by atoms with Crippen molar-refractivity contribution in [3.8, 4) is 0 Å². The Morgan fingerprint density at radius 2 is 1.96 bits per heavy atom. The molecule has 10 heteroatoms. The Morgan fingerprint density at radius 1 is 1.22 bits per heavy atom. The molecule has 0 aliphatic carbocycles. The van der Waals surface area contributed by atoms with Crippen molar-refractivity contribution in [2.75, 3.05) is 26.2 Å². The van der Waals surface area contributed by atoms with E-state index in [4.69, 9.17) is 16.1 Å². The molecule has 3 rings (SSSR count). The fraction of sp³-hybridized carbons (Fsp3) is 0.412. The molecule has 0 bridgehead atoms. The molecule has 0 N–H and O–H groups in total. The van der Waals surface area contributed by atoms with Gasteiger partial charge in [0.05, 0.1) is 10.6 Å². The molecule has 1 amide bonds. The molecule has 1 aliphatic rings. The van der Waals surface area contributed by atoms with Crippen molar-refractivity contribution >= 4 is 27.5 Å². The molecule has 0 unspecified atom stereocenters. The van der Waals surface area contributed by atoms with Gasteiger partial charge in [-0.2, -0.15) is 4.31 Å². The zero-order valence-electron chi connectivity index (χ0n) is 14.9. The Bertz CT molecular complexity index is 957. The maximum atomic E-state index is 13.2. The summed E-state index contributed by atoms with van der Waals surface area (Å²) < 4.78 is 45.4. The molecule has 0 saturated carbocycles. The van der Waals surface area contributed by atoms with E-state index in [-0.39, 0.29) is 46.8 Å². The summed E-state index contributed by atoms with van der Waals surface area (Å²) in [5, 5.41) is 3.74. The van der Waals surface area contributed by atoms with Crippen LogP contribution in [-0.2, 0) is 10.0 Å². The van der Waals surface area contributed by atoms with Crippen LogP contribution < -0.4 is 0 Å². The largest absolute Gasteiger partial charge is 0.360 e. The topological polar surface area (TPSA) is 83.7 Å². The molecule has 27 heavy (non-hydrogen) atoms. The molecule has 1 aromatic heterocycles. The highest BCUT2D eigenvalue weighted by atomic mass is 35.5. The van der Waals surface area contributed by atoms with E-state index in [1.807, 2.05) is 0 Å². The first-order valence-electron chi connectivity index (χ1n) is 8.39. The minimum atomic E-state index is -3.77. The number of aromatic nitrogens is 1. The molecule has 2 aromatic rings. The van der Waals surface area contributed by atoms with E-state index < -0.39 is 15.8 Å². The quantitative estimate of drug-likeness (QED) is 0.769. The summed E-state index contributed by atoms with van der Waals surface area (Å²) in [5.74, 6) is -0.636. The van der Waals surface area contributed by atoms with Gasteiger partial charge in [0.2, 0.25) is 10.0 Å². The Labute approximate surface area is 161 Å². The van der Waals surface area contributed by atoms with Crippen LogP contribution in [0.25, 0.3) is 0 Å². The van der Waals surface area contributed by atoms with Crippen molar-refractivity contribution in [3.63, 3.8) is 0 Å². The number of amides is 1. The van der Waals surface area contributed by atoms with Gasteiger partial charge in [0.15, 0.2) is 5.76 Å². The van der Waals surface area contributed by atoms with Gasteiger partial charge >= 0.3 is 0 Å². The predicted molar refractivity (Wildman–Crippen MR) is 96.7 cm³/mol. The molecule has 1 saturated heterocycles. The number of carbonyl (C=O) groups excluding carboxylic acids is 1. The van der Waals surface area contributed by atoms with E-state index in [1.165, 1.54) is 21.3 Å². The molecule has 1 aliphatic heterocycles. The average Bonchev–Trinajstić information content (AvgIpc) is 2.81. The van der Waals surface area contributed by atoms with Gasteiger partial charge in [0.1, 0.15) is 16.4 Å². The first-order chi connectivity index (χ1) is 12.7. The standard InChI is InChI=1S/C17H19ClFN3O4S/c1-11-16(12(2)26-20-11)27(24,25)22-7-3-6-21(8-9-22)17(23)14-5-4-13(19)10-15(14)18/h4-5,10H,3,6-9H2,1-2H3. The molecule has 2 heterocycles. The molecular formula is C17H19ClFN3O4S. The van der Waals surface area contributed by atoms with Gasteiger partial charge in [-0.3, -0.25) is 4.79 Å². The number of nitrogens with zero attached hydrogens (tertiary/aromatic N) is 3. The molecular weight excluding hydrogens is 397 g/mol. The highest BCUT2D eigenvalue weighted by Gasteiger charge is 2.33. The van der Waals surface area contributed by atoms with E-state index in [0.717, 1.165) is 6.07 Å². The number of aryl methyl sites for hydroxylation is 2. The molecule has 0 atom stereocenters. The summed E-state index contributed by atoms with van der Waals surface area (Å²) in [6.07, 6.45) is 0.465. The smallest absolute Gasteiger partial charge is 0.255 e. The van der Waals surface area contributed by atoms with Crippen molar-refractivity contribution in [2.24, 2.45) is 0 Å². The van der Waals surface area contributed by atoms with Crippen LogP contribution >= 0.6 is 11.6 Å². The van der Waals surface area contributed by atoms with Gasteiger partial charge < -0.3 is 9.42 Å². The monoisotopic (exact) mass is 415 g/mol. The fourth-order valence-electron chi connectivity index (χ4n) is 3.14. The molecule has 1 aromatic carbocycles. The highest BCUT2D eigenvalue weighted by Crippen LogP contribution is 2.25. The van der Waals surface area contributed by atoms with Gasteiger partial charge in [0.25, 0.3) is 5.91 Å². The SMILES string of the molecule is Cc1noc(C)c1S(=O)(=O)N1CCCN(C(=O)c2ccc(F)cc2Cl)CC1. The highest BCUT2D eigenvalue weighted by molar-refractivity contribution is 7.89. The Hall–Kier alpha value is -1.97. The van der Waals surface area contributed by atoms with Crippen LogP contribution in [0.2, 0.25) is 5.02 Å². The minimum absolute atomic E-state index is 0.0319. The lowest BCUT2D eigenvalue weighted by Crippen LogP contribution is -2.37. The summed E-state index contributed by atoms with van der Waals surface area (Å²) in [6.45, 7) is 4.12. The average molecular weight is 416 g/mol. The van der Waals surface area contributed by atoms with Crippen LogP contribution in [0.5, 0.6) is 0 Å². The van der Waals surface area contributed by atoms with Crippen LogP contribution in [0, 0.1) is 19.7 Å². The van der Waals surface area contributed by atoms with Gasteiger partial charge in [-0.15, -0.1) is 0 Å². The second kappa shape index (κ2) is 7.57. The van der Waals surface area contributed by atoms with Gasteiger partial charge in [-0.05, 0) is 38.5 Å². The second-order valence-corrected chi connectivity index (χ2v) is 8.61. The minimum Gasteiger partial charge on any atom is -0.360 e. The third kappa shape index (κ3) is 3.85. The molecule has 146 valence electrons. The van der Waals surface area contributed by atoms with Gasteiger partial charge in [0, 0.05) is 26.2 Å². The number of sulfonamides is 1. The number of carbonyl (C=O) groups is 1. The molecule has 0 radical (unpaired) electrons. The first kappa shape index (κ1) is 19.8. The number of hydrogen-bond donors (Lipinski definition) is 0. The summed E-state index contributed by atoms with van der Waals surface area (Å²) in [4.78, 5) is 14.3. The van der Waals surface area contributed by atoms with E-state index in [2.05, 4.69) is 5.16 Å². The maximum absolute atomic E-state index is 13.2. The van der Waals surface area contributed by atoms with E-state index in [9.17, 15) is 17.6 Å². The lowest BCUT2D eigenvalue weighted by Gasteiger charge is -2.22. The summed E-state index contributed by atoms with van der Waals surface area (Å²) in [7, 11) is -3.77. The lowest BCUT2D eigenvalue weighted by molar-refractivity contribution is 0.0764. The van der Waals surface area contributed by atoms with E-state index >= 15 is 0 Å². The molecule has 7 nitrogen and oxygen atoms in total. The summed E-state index contributed by atoms with van der Waals surface area (Å²) in [5.41, 5.74) is 0.503. The number of rotatable bonds is 3. The van der Waals surface area contributed by atoms with Gasteiger partial charge in [-0.25, -0.2) is 12.8 Å². The van der Waals surface area contributed by atoms with Crippen molar-refractivity contribution < 1.29 is 22.1 Å². The summed E-state index contributed by atoms with van der Waals surface area (Å²) in [6, 6.07) is 3.59. The van der Waals surface area contributed by atoms with Crippen LogP contribution in [0.4, 0.5) is 4.39 Å². The number of benzene rings is 1. The first-order valence-corrected chi connectivity index (χ1v) is 10.2. The van der Waals surface area contributed by atoms with Crippen LogP contribution in [0.3, 0.4) is 0 Å². The second-order valence-electron chi connectivity index (χ2n) is 6.33. The van der Waals surface area contributed by atoms with Crippen molar-refractivity contribution in [1.29, 1.82) is 0 Å². The third-order valence-electron chi connectivity index (χ3n) is 4.47. The number of hydrogen-bond acceptors (Lipinski definition) is 5.